The summed E-state index contributed by atoms with van der Waals surface area (Å²) >= 11 is 6.08. The Balaban J connectivity index is 1.69. The van der Waals surface area contributed by atoms with E-state index in [9.17, 15) is 9.59 Å². The first-order chi connectivity index (χ1) is 15.4. The average molecular weight is 448 g/mol. The van der Waals surface area contributed by atoms with Crippen LogP contribution >= 0.6 is 11.6 Å². The van der Waals surface area contributed by atoms with E-state index in [4.69, 9.17) is 11.6 Å². The number of nitrogens with one attached hydrogen (secondary N) is 2. The van der Waals surface area contributed by atoms with E-state index in [0.717, 1.165) is 16.8 Å². The van der Waals surface area contributed by atoms with E-state index >= 15 is 0 Å². The molecule has 1 fully saturated rings. The van der Waals surface area contributed by atoms with Crippen LogP contribution in [0.4, 0.5) is 5.69 Å². The fourth-order valence-corrected chi connectivity index (χ4v) is 3.80. The molecule has 162 valence electrons. The highest BCUT2D eigenvalue weighted by Gasteiger charge is 2.47. The number of anilines is 1. The number of hydrazone groups is 1. The number of hydrogen-bond donors (Lipinski definition) is 2. The van der Waals surface area contributed by atoms with Crippen LogP contribution in [-0.2, 0) is 4.79 Å². The van der Waals surface area contributed by atoms with Gasteiger partial charge in [0.05, 0.1) is 0 Å². The third kappa shape index (κ3) is 4.65. The van der Waals surface area contributed by atoms with Crippen LogP contribution in [0.5, 0.6) is 0 Å². The lowest BCUT2D eigenvalue weighted by atomic mass is 10.00. The molecule has 0 saturated carbocycles. The summed E-state index contributed by atoms with van der Waals surface area (Å²) in [5.74, 6) is -0.586. The quantitative estimate of drug-likeness (QED) is 0.589. The minimum atomic E-state index is -0.777. The highest BCUT2D eigenvalue weighted by atomic mass is 35.5. The van der Waals surface area contributed by atoms with E-state index in [1.54, 1.807) is 41.1 Å². The van der Waals surface area contributed by atoms with E-state index in [0.29, 0.717) is 10.6 Å². The molecule has 3 aromatic rings. The predicted octanol–water partition coefficient (Wildman–Crippen LogP) is 3.42. The van der Waals surface area contributed by atoms with Crippen molar-refractivity contribution in [1.29, 1.82) is 0 Å². The summed E-state index contributed by atoms with van der Waals surface area (Å²) < 4.78 is 1.74. The van der Waals surface area contributed by atoms with Gasteiger partial charge >= 0.3 is 5.91 Å². The zero-order valence-corrected chi connectivity index (χ0v) is 18.6. The number of benzene rings is 3. The number of hydrazine groups is 1. The van der Waals surface area contributed by atoms with Crippen LogP contribution in [0.2, 0.25) is 5.02 Å². The lowest BCUT2D eigenvalue weighted by molar-refractivity contribution is -0.596. The van der Waals surface area contributed by atoms with Gasteiger partial charge in [0, 0.05) is 41.5 Å². The molecule has 2 atom stereocenters. The molecule has 0 unspecified atom stereocenters. The first-order valence-corrected chi connectivity index (χ1v) is 10.6. The Morgan fingerprint density at radius 1 is 1.00 bits per heavy atom. The Kier molecular flexibility index (Phi) is 6.23. The molecule has 0 radical (unpaired) electrons. The maximum atomic E-state index is 12.9. The summed E-state index contributed by atoms with van der Waals surface area (Å²) in [4.78, 5) is 27.7. The maximum absolute atomic E-state index is 12.9. The van der Waals surface area contributed by atoms with Crippen LogP contribution in [0.15, 0.2) is 78.9 Å². The largest absolute Gasteiger partial charge is 0.378 e. The fourth-order valence-electron chi connectivity index (χ4n) is 3.67. The summed E-state index contributed by atoms with van der Waals surface area (Å²) in [6.45, 7) is 0. The molecule has 1 aliphatic heterocycles. The molecule has 4 rings (SSSR count). The smallest absolute Gasteiger partial charge is 0.304 e. The molecule has 1 saturated heterocycles. The van der Waals surface area contributed by atoms with E-state index in [1.807, 2.05) is 67.7 Å². The molecular formula is C25H24ClN4O2+. The Bertz CT molecular complexity index is 1140. The number of halogens is 1. The van der Waals surface area contributed by atoms with Crippen LogP contribution in [-0.4, -0.2) is 42.9 Å². The molecular weight excluding hydrogens is 424 g/mol. The van der Waals surface area contributed by atoms with Gasteiger partial charge in [0.25, 0.3) is 5.91 Å². The molecule has 7 heteroatoms. The maximum Gasteiger partial charge on any atom is 0.304 e. The van der Waals surface area contributed by atoms with E-state index in [1.165, 1.54) is 0 Å². The number of amides is 2. The second-order valence-electron chi connectivity index (χ2n) is 7.81. The lowest BCUT2D eigenvalue weighted by Crippen LogP contribution is -2.42. The molecule has 3 aromatic carbocycles. The molecule has 1 heterocycles. The summed E-state index contributed by atoms with van der Waals surface area (Å²) in [7, 11) is 3.96. The predicted molar refractivity (Wildman–Crippen MR) is 126 cm³/mol. The average Bonchev–Trinajstić information content (AvgIpc) is 3.09. The standard InChI is InChI=1S/C25H23ClN4O2/c1-29(2)21-14-8-17(9-15-21)16-30-23(18-10-12-20(26)13-11-18)22(25(32)28-30)27-24(31)19-6-4-3-5-7-19/h3-16,22-23H,1-2H3,(H-,27,28,31,32)/p+1/t22-,23+/m1/s1. The third-order valence-electron chi connectivity index (χ3n) is 5.37. The number of rotatable bonds is 5. The van der Waals surface area contributed by atoms with Gasteiger partial charge in [-0.1, -0.05) is 41.9 Å². The fraction of sp³-hybridized carbons (Fsp3) is 0.160. The minimum absolute atomic E-state index is 0.282. The lowest BCUT2D eigenvalue weighted by Gasteiger charge is -2.15. The molecule has 6 nitrogen and oxygen atoms in total. The van der Waals surface area contributed by atoms with Gasteiger partial charge in [-0.25, -0.2) is 0 Å². The topological polar surface area (TPSA) is 64.5 Å². The van der Waals surface area contributed by atoms with Crippen LogP contribution in [0.3, 0.4) is 0 Å². The number of nitrogens with zero attached hydrogens (tertiary/aromatic N) is 2. The zero-order chi connectivity index (χ0) is 22.7. The first kappa shape index (κ1) is 21.6. The van der Waals surface area contributed by atoms with Gasteiger partial charge in [0.15, 0.2) is 6.04 Å². The van der Waals surface area contributed by atoms with Gasteiger partial charge in [-0.15, -0.1) is 10.1 Å². The van der Waals surface area contributed by atoms with Crippen LogP contribution in [0, 0.1) is 0 Å². The Labute approximate surface area is 192 Å². The van der Waals surface area contributed by atoms with Crippen LogP contribution in [0.1, 0.15) is 27.5 Å². The second-order valence-corrected chi connectivity index (χ2v) is 8.25. The van der Waals surface area contributed by atoms with Gasteiger partial charge in [-0.3, -0.25) is 9.59 Å². The van der Waals surface area contributed by atoms with E-state index in [2.05, 4.69) is 10.7 Å². The van der Waals surface area contributed by atoms with Crippen molar-refractivity contribution in [2.75, 3.05) is 19.0 Å². The molecule has 2 amide bonds. The van der Waals surface area contributed by atoms with Gasteiger partial charge < -0.3 is 10.2 Å². The summed E-state index contributed by atoms with van der Waals surface area (Å²) in [6.07, 6.45) is 1.87. The van der Waals surface area contributed by atoms with Crippen molar-refractivity contribution in [1.82, 2.24) is 10.7 Å². The Hall–Kier alpha value is -3.64. The summed E-state index contributed by atoms with van der Waals surface area (Å²) in [5, 5.41) is 3.50. The van der Waals surface area contributed by atoms with Crippen molar-refractivity contribution in [2.24, 2.45) is 0 Å². The van der Waals surface area contributed by atoms with Crippen molar-refractivity contribution < 1.29 is 14.3 Å². The summed E-state index contributed by atoms with van der Waals surface area (Å²) in [5.41, 5.74) is 6.24. The SMILES string of the molecule is CN(C)c1ccc(/C=[N+]2\NC(=O)[C@H](NC(=O)c3ccccc3)[C@@H]2c2ccc(Cl)cc2)cc1. The highest BCUT2D eigenvalue weighted by molar-refractivity contribution is 6.30. The molecule has 2 N–H and O–H groups in total. The molecule has 1 aliphatic rings. The first-order valence-electron chi connectivity index (χ1n) is 10.2. The monoisotopic (exact) mass is 447 g/mol. The minimum Gasteiger partial charge on any atom is -0.378 e. The highest BCUT2D eigenvalue weighted by Crippen LogP contribution is 2.27. The molecule has 0 aliphatic carbocycles. The van der Waals surface area contributed by atoms with Crippen molar-refractivity contribution in [2.45, 2.75) is 12.1 Å². The zero-order valence-electron chi connectivity index (χ0n) is 17.8. The van der Waals surface area contributed by atoms with Crippen molar-refractivity contribution in [3.05, 3.63) is 101 Å². The van der Waals surface area contributed by atoms with Crippen molar-refractivity contribution in [3.8, 4) is 0 Å². The van der Waals surface area contributed by atoms with Crippen LogP contribution < -0.4 is 15.6 Å². The van der Waals surface area contributed by atoms with Gasteiger partial charge in [-0.05, 0) is 48.5 Å². The van der Waals surface area contributed by atoms with Crippen LogP contribution in [0.25, 0.3) is 0 Å². The second kappa shape index (κ2) is 9.24. The number of hydrogen-bond acceptors (Lipinski definition) is 3. The van der Waals surface area contributed by atoms with Crippen molar-refractivity contribution >= 4 is 35.3 Å². The number of carbonyl (C=O) groups excluding carboxylic acids is 2. The molecule has 0 aromatic heterocycles. The Morgan fingerprint density at radius 3 is 2.28 bits per heavy atom. The van der Waals surface area contributed by atoms with Gasteiger partial charge in [-0.2, -0.15) is 0 Å². The Morgan fingerprint density at radius 2 is 1.66 bits per heavy atom. The number of carbonyl (C=O) groups is 2. The summed E-state index contributed by atoms with van der Waals surface area (Å²) in [6, 6.07) is 22.9. The van der Waals surface area contributed by atoms with Crippen molar-refractivity contribution in [3.63, 3.8) is 0 Å². The van der Waals surface area contributed by atoms with Gasteiger partial charge in [0.1, 0.15) is 0 Å². The van der Waals surface area contributed by atoms with E-state index < -0.39 is 12.1 Å². The molecule has 0 spiro atoms. The molecule has 0 bridgehead atoms. The van der Waals surface area contributed by atoms with E-state index in [-0.39, 0.29) is 11.8 Å². The molecule has 32 heavy (non-hydrogen) atoms. The normalized spacial score (nSPS) is 19.0. The third-order valence-corrected chi connectivity index (χ3v) is 5.62. The van der Waals surface area contributed by atoms with Gasteiger partial charge in [0.2, 0.25) is 12.3 Å².